The van der Waals surface area contributed by atoms with Crippen LogP contribution in [-0.2, 0) is 14.4 Å². The number of hydrogen-bond acceptors (Lipinski definition) is 3. The Kier molecular flexibility index (Phi) is 1.95. The molecule has 0 aromatic rings. The highest BCUT2D eigenvalue weighted by Gasteiger charge is 2.41. The molecule has 2 unspecified atom stereocenters. The van der Waals surface area contributed by atoms with Crippen LogP contribution in [-0.4, -0.2) is 24.5 Å². The van der Waals surface area contributed by atoms with Crippen molar-refractivity contribution in [2.75, 3.05) is 6.61 Å². The molecular weight excluding hydrogens is 172 g/mol. The molecular formula is C8H12N2O3. The van der Waals surface area contributed by atoms with Crippen LogP contribution in [0.1, 0.15) is 13.3 Å². The van der Waals surface area contributed by atoms with Crippen molar-refractivity contribution < 1.29 is 14.4 Å². The fraction of sp³-hybridized carbons (Fsp3) is 0.750. The second kappa shape index (κ2) is 2.99. The Balaban J connectivity index is 1.83. The van der Waals surface area contributed by atoms with Crippen molar-refractivity contribution in [3.63, 3.8) is 0 Å². The first-order valence-electron chi connectivity index (χ1n) is 4.40. The van der Waals surface area contributed by atoms with Gasteiger partial charge in [0, 0.05) is 5.92 Å². The minimum absolute atomic E-state index is 0.0295. The van der Waals surface area contributed by atoms with Gasteiger partial charge in [0.15, 0.2) is 0 Å². The largest absolute Gasteiger partial charge is 0.342 e. The highest BCUT2D eigenvalue weighted by Crippen LogP contribution is 2.37. The van der Waals surface area contributed by atoms with Gasteiger partial charge < -0.3 is 5.32 Å². The van der Waals surface area contributed by atoms with E-state index in [4.69, 9.17) is 0 Å². The first-order valence-corrected chi connectivity index (χ1v) is 4.40. The van der Waals surface area contributed by atoms with Crippen LogP contribution in [0.2, 0.25) is 0 Å². The summed E-state index contributed by atoms with van der Waals surface area (Å²) in [5.41, 5.74) is 2.19. The monoisotopic (exact) mass is 184 g/mol. The summed E-state index contributed by atoms with van der Waals surface area (Å²) >= 11 is 0. The Bertz CT molecular complexity index is 254. The van der Waals surface area contributed by atoms with Gasteiger partial charge in [0.25, 0.3) is 5.91 Å². The summed E-state index contributed by atoms with van der Waals surface area (Å²) in [6.45, 7) is 2.25. The van der Waals surface area contributed by atoms with Gasteiger partial charge in [-0.1, -0.05) is 6.92 Å². The van der Waals surface area contributed by atoms with E-state index in [-0.39, 0.29) is 24.3 Å². The number of amides is 2. The third-order valence-corrected chi connectivity index (χ3v) is 2.50. The molecule has 1 saturated heterocycles. The summed E-state index contributed by atoms with van der Waals surface area (Å²) < 4.78 is 0. The number of rotatable bonds is 2. The maximum atomic E-state index is 11.4. The first kappa shape index (κ1) is 8.50. The van der Waals surface area contributed by atoms with E-state index in [1.54, 1.807) is 0 Å². The number of carbonyl (C=O) groups excluding carboxylic acids is 2. The molecule has 1 aliphatic heterocycles. The van der Waals surface area contributed by atoms with E-state index in [1.807, 2.05) is 6.92 Å². The van der Waals surface area contributed by atoms with Crippen molar-refractivity contribution in [3.8, 4) is 0 Å². The molecule has 1 aliphatic carbocycles. The van der Waals surface area contributed by atoms with Crippen molar-refractivity contribution >= 4 is 11.8 Å². The average molecular weight is 184 g/mol. The van der Waals surface area contributed by atoms with E-state index in [9.17, 15) is 9.59 Å². The molecule has 2 fully saturated rings. The molecule has 0 radical (unpaired) electrons. The number of carbonyl (C=O) groups is 2. The van der Waals surface area contributed by atoms with E-state index in [0.717, 1.165) is 6.42 Å². The fourth-order valence-corrected chi connectivity index (χ4v) is 1.42. The summed E-state index contributed by atoms with van der Waals surface area (Å²) in [6, 6.07) is -0.500. The minimum Gasteiger partial charge on any atom is -0.342 e. The quantitative estimate of drug-likeness (QED) is 0.589. The van der Waals surface area contributed by atoms with Crippen LogP contribution in [0, 0.1) is 11.8 Å². The zero-order chi connectivity index (χ0) is 9.42. The molecule has 2 N–H and O–H groups in total. The van der Waals surface area contributed by atoms with Gasteiger partial charge in [-0.15, -0.1) is 0 Å². The van der Waals surface area contributed by atoms with Gasteiger partial charge in [-0.25, -0.2) is 5.48 Å². The van der Waals surface area contributed by atoms with Gasteiger partial charge in [0.05, 0.1) is 0 Å². The van der Waals surface area contributed by atoms with Crippen LogP contribution in [0.3, 0.4) is 0 Å². The first-order chi connectivity index (χ1) is 6.18. The molecule has 2 aliphatic rings. The van der Waals surface area contributed by atoms with Crippen molar-refractivity contribution in [3.05, 3.63) is 0 Å². The second-order valence-corrected chi connectivity index (χ2v) is 3.66. The fourth-order valence-electron chi connectivity index (χ4n) is 1.42. The molecule has 0 aromatic heterocycles. The molecule has 5 nitrogen and oxygen atoms in total. The third kappa shape index (κ3) is 1.65. The zero-order valence-electron chi connectivity index (χ0n) is 7.37. The Morgan fingerprint density at radius 1 is 1.69 bits per heavy atom. The lowest BCUT2D eigenvalue weighted by atomic mass is 10.2. The number of nitrogens with one attached hydrogen (secondary N) is 2. The smallest absolute Gasteiger partial charge is 0.268 e. The molecule has 2 amide bonds. The summed E-state index contributed by atoms with van der Waals surface area (Å²) in [5, 5.41) is 2.64. The normalized spacial score (nSPS) is 37.0. The number of hydrogen-bond donors (Lipinski definition) is 2. The predicted molar refractivity (Wildman–Crippen MR) is 43.3 cm³/mol. The van der Waals surface area contributed by atoms with Crippen LogP contribution in [0.5, 0.6) is 0 Å². The maximum absolute atomic E-state index is 11.4. The molecule has 5 heteroatoms. The Morgan fingerprint density at radius 2 is 2.38 bits per heavy atom. The van der Waals surface area contributed by atoms with Crippen LogP contribution in [0.25, 0.3) is 0 Å². The topological polar surface area (TPSA) is 67.4 Å². The van der Waals surface area contributed by atoms with Gasteiger partial charge in [-0.05, 0) is 12.3 Å². The van der Waals surface area contributed by atoms with Crippen LogP contribution in [0.4, 0.5) is 0 Å². The molecule has 0 bridgehead atoms. The number of hydroxylamine groups is 1. The third-order valence-electron chi connectivity index (χ3n) is 2.50. The van der Waals surface area contributed by atoms with Gasteiger partial charge in [0.2, 0.25) is 5.91 Å². The van der Waals surface area contributed by atoms with Gasteiger partial charge in [-0.3, -0.25) is 14.4 Å². The molecule has 13 heavy (non-hydrogen) atoms. The van der Waals surface area contributed by atoms with Crippen molar-refractivity contribution in [1.82, 2.24) is 10.8 Å². The van der Waals surface area contributed by atoms with Gasteiger partial charge in [-0.2, -0.15) is 0 Å². The maximum Gasteiger partial charge on any atom is 0.268 e. The van der Waals surface area contributed by atoms with Crippen LogP contribution < -0.4 is 10.8 Å². The predicted octanol–water partition coefficient (Wildman–Crippen LogP) is -0.811. The van der Waals surface area contributed by atoms with E-state index in [0.29, 0.717) is 5.92 Å². The van der Waals surface area contributed by atoms with Crippen molar-refractivity contribution in [1.29, 1.82) is 0 Å². The summed E-state index contributed by atoms with van der Waals surface area (Å²) in [5.74, 6) is 0.276. The van der Waals surface area contributed by atoms with Crippen LogP contribution >= 0.6 is 0 Å². The zero-order valence-corrected chi connectivity index (χ0v) is 7.37. The summed E-state index contributed by atoms with van der Waals surface area (Å²) in [4.78, 5) is 27.0. The van der Waals surface area contributed by atoms with Crippen LogP contribution in [0.15, 0.2) is 0 Å². The Hall–Kier alpha value is -1.10. The highest BCUT2D eigenvalue weighted by atomic mass is 16.7. The summed E-state index contributed by atoms with van der Waals surface area (Å²) in [6.07, 6.45) is 0.932. The molecule has 1 heterocycles. The summed E-state index contributed by atoms with van der Waals surface area (Å²) in [7, 11) is 0. The Morgan fingerprint density at radius 3 is 2.85 bits per heavy atom. The molecule has 2 rings (SSSR count). The van der Waals surface area contributed by atoms with E-state index in [2.05, 4.69) is 15.6 Å². The molecule has 72 valence electrons. The molecule has 0 aromatic carbocycles. The van der Waals surface area contributed by atoms with Gasteiger partial charge in [0.1, 0.15) is 12.6 Å². The second-order valence-electron chi connectivity index (χ2n) is 3.66. The lowest BCUT2D eigenvalue weighted by Gasteiger charge is -2.06. The van der Waals surface area contributed by atoms with E-state index >= 15 is 0 Å². The SMILES string of the molecule is CC1CC1C(=O)N[C@@H]1CONC1=O. The standard InChI is InChI=1S/C8H12N2O3/c1-4-2-5(4)7(11)9-6-3-13-10-8(6)12/h4-6H,2-3H2,1H3,(H,9,11)(H,10,12)/t4?,5?,6-/m1/s1. The van der Waals surface area contributed by atoms with E-state index < -0.39 is 6.04 Å². The lowest BCUT2D eigenvalue weighted by Crippen LogP contribution is -2.42. The average Bonchev–Trinajstić information content (AvgIpc) is 2.68. The van der Waals surface area contributed by atoms with Crippen molar-refractivity contribution in [2.24, 2.45) is 11.8 Å². The van der Waals surface area contributed by atoms with Gasteiger partial charge >= 0.3 is 0 Å². The molecule has 3 atom stereocenters. The minimum atomic E-state index is -0.500. The van der Waals surface area contributed by atoms with E-state index in [1.165, 1.54) is 0 Å². The highest BCUT2D eigenvalue weighted by molar-refractivity contribution is 5.89. The Labute approximate surface area is 75.8 Å². The molecule has 0 spiro atoms. The lowest BCUT2D eigenvalue weighted by molar-refractivity contribution is -0.129. The molecule has 1 saturated carbocycles. The van der Waals surface area contributed by atoms with Crippen molar-refractivity contribution in [2.45, 2.75) is 19.4 Å².